The second-order valence-electron chi connectivity index (χ2n) is 5.52. The topological polar surface area (TPSA) is 32.3 Å². The summed E-state index contributed by atoms with van der Waals surface area (Å²) in [5.41, 5.74) is 0.650. The lowest BCUT2D eigenvalue weighted by Crippen LogP contribution is -2.41. The van der Waals surface area contributed by atoms with Crippen LogP contribution in [0.25, 0.3) is 0 Å². The van der Waals surface area contributed by atoms with Gasteiger partial charge in [0.2, 0.25) is 0 Å². The first kappa shape index (κ1) is 16.8. The molecule has 1 atom stereocenters. The first-order valence-electron chi connectivity index (χ1n) is 7.59. The molecule has 5 heteroatoms. The first-order chi connectivity index (χ1) is 10.1. The van der Waals surface area contributed by atoms with Crippen LogP contribution >= 0.6 is 27.5 Å². The molecule has 2 rings (SSSR count). The second kappa shape index (κ2) is 8.16. The Morgan fingerprint density at radius 3 is 3.00 bits per heavy atom. The monoisotopic (exact) mass is 372 g/mol. The van der Waals surface area contributed by atoms with E-state index in [1.54, 1.807) is 12.1 Å². The number of benzene rings is 1. The van der Waals surface area contributed by atoms with Gasteiger partial charge in [0.25, 0.3) is 5.91 Å². The Balaban J connectivity index is 2.13. The zero-order chi connectivity index (χ0) is 15.2. The summed E-state index contributed by atoms with van der Waals surface area (Å²) < 4.78 is 0.803. The number of nitrogens with one attached hydrogen (secondary N) is 1. The van der Waals surface area contributed by atoms with Crippen molar-refractivity contribution in [1.29, 1.82) is 0 Å². The molecule has 1 N–H and O–H groups in total. The van der Waals surface area contributed by atoms with Crippen molar-refractivity contribution < 1.29 is 4.79 Å². The van der Waals surface area contributed by atoms with Crippen LogP contribution in [0, 0.1) is 0 Å². The van der Waals surface area contributed by atoms with Gasteiger partial charge < -0.3 is 10.2 Å². The van der Waals surface area contributed by atoms with E-state index < -0.39 is 0 Å². The maximum Gasteiger partial charge on any atom is 0.255 e. The van der Waals surface area contributed by atoms with Crippen LogP contribution < -0.4 is 5.32 Å². The largest absolute Gasteiger partial charge is 0.337 e. The molecule has 1 aromatic rings. The molecule has 0 aliphatic carbocycles. The number of halogens is 2. The summed E-state index contributed by atoms with van der Waals surface area (Å²) in [7, 11) is 0. The summed E-state index contributed by atoms with van der Waals surface area (Å²) in [6.45, 7) is 4.78. The van der Waals surface area contributed by atoms with E-state index in [0.717, 1.165) is 43.4 Å². The molecule has 116 valence electrons. The first-order valence-corrected chi connectivity index (χ1v) is 8.76. The highest BCUT2D eigenvalue weighted by Crippen LogP contribution is 2.23. The van der Waals surface area contributed by atoms with Crippen molar-refractivity contribution in [3.05, 3.63) is 33.3 Å². The highest BCUT2D eigenvalue weighted by atomic mass is 79.9. The Hall–Kier alpha value is -0.580. The Labute approximate surface area is 140 Å². The van der Waals surface area contributed by atoms with Crippen LogP contribution in [0.2, 0.25) is 5.02 Å². The number of carbonyl (C=O) groups excluding carboxylic acids is 1. The third kappa shape index (κ3) is 4.70. The third-order valence-corrected chi connectivity index (χ3v) is 4.76. The van der Waals surface area contributed by atoms with Crippen molar-refractivity contribution in [2.45, 2.75) is 38.6 Å². The van der Waals surface area contributed by atoms with Crippen LogP contribution in [0.4, 0.5) is 0 Å². The van der Waals surface area contributed by atoms with Crippen molar-refractivity contribution in [3.63, 3.8) is 0 Å². The average molecular weight is 374 g/mol. The van der Waals surface area contributed by atoms with Gasteiger partial charge >= 0.3 is 0 Å². The van der Waals surface area contributed by atoms with Crippen LogP contribution in [0.1, 0.15) is 43.0 Å². The van der Waals surface area contributed by atoms with Crippen molar-refractivity contribution in [2.24, 2.45) is 0 Å². The van der Waals surface area contributed by atoms with E-state index >= 15 is 0 Å². The van der Waals surface area contributed by atoms with Gasteiger partial charge in [0.1, 0.15) is 0 Å². The number of hydrogen-bond acceptors (Lipinski definition) is 2. The van der Waals surface area contributed by atoms with Gasteiger partial charge in [-0.15, -0.1) is 0 Å². The lowest BCUT2D eigenvalue weighted by Gasteiger charge is -2.26. The fraction of sp³-hybridized carbons (Fsp3) is 0.562. The fourth-order valence-corrected chi connectivity index (χ4v) is 3.22. The predicted molar refractivity (Wildman–Crippen MR) is 91.0 cm³/mol. The summed E-state index contributed by atoms with van der Waals surface area (Å²) in [5, 5.41) is 4.06. The summed E-state index contributed by atoms with van der Waals surface area (Å²) in [6, 6.07) is 5.79. The number of amides is 1. The van der Waals surface area contributed by atoms with Gasteiger partial charge in [-0.1, -0.05) is 24.9 Å². The molecular weight excluding hydrogens is 352 g/mol. The standard InChI is InChI=1S/C16H22BrClN2O/c1-2-3-9-20(11-13-5-4-8-19-13)16(21)14-10-12(18)6-7-15(14)17/h6-7,10,13,19H,2-5,8-9,11H2,1H3. The normalized spacial score (nSPS) is 18.0. The Kier molecular flexibility index (Phi) is 6.52. The molecule has 21 heavy (non-hydrogen) atoms. The van der Waals surface area contributed by atoms with Crippen LogP contribution in [-0.4, -0.2) is 36.5 Å². The number of carbonyl (C=O) groups is 1. The average Bonchev–Trinajstić information content (AvgIpc) is 2.98. The number of rotatable bonds is 6. The summed E-state index contributed by atoms with van der Waals surface area (Å²) in [6.07, 6.45) is 4.45. The molecule has 0 saturated carbocycles. The predicted octanol–water partition coefficient (Wildman–Crippen LogP) is 4.10. The molecule has 0 spiro atoms. The van der Waals surface area contributed by atoms with Crippen LogP contribution in [0.5, 0.6) is 0 Å². The van der Waals surface area contributed by atoms with E-state index in [1.807, 2.05) is 11.0 Å². The summed E-state index contributed by atoms with van der Waals surface area (Å²) in [5.74, 6) is 0.0616. The molecule has 1 unspecified atom stereocenters. The molecular formula is C16H22BrClN2O. The van der Waals surface area contributed by atoms with Gasteiger partial charge in [0.15, 0.2) is 0 Å². The third-order valence-electron chi connectivity index (χ3n) is 3.83. The lowest BCUT2D eigenvalue weighted by atomic mass is 10.1. The van der Waals surface area contributed by atoms with Gasteiger partial charge in [-0.05, 0) is 59.9 Å². The van der Waals surface area contributed by atoms with Crippen molar-refractivity contribution in [2.75, 3.05) is 19.6 Å². The highest BCUT2D eigenvalue weighted by molar-refractivity contribution is 9.10. The molecule has 1 aliphatic heterocycles. The van der Waals surface area contributed by atoms with Crippen LogP contribution in [0.15, 0.2) is 22.7 Å². The van der Waals surface area contributed by atoms with Gasteiger partial charge in [-0.25, -0.2) is 0 Å². The zero-order valence-electron chi connectivity index (χ0n) is 12.4. The SMILES string of the molecule is CCCCN(CC1CCCN1)C(=O)c1cc(Cl)ccc1Br. The zero-order valence-corrected chi connectivity index (χ0v) is 14.7. The maximum absolute atomic E-state index is 12.8. The van der Waals surface area contributed by atoms with E-state index in [0.29, 0.717) is 16.6 Å². The van der Waals surface area contributed by atoms with Crippen molar-refractivity contribution >= 4 is 33.4 Å². The second-order valence-corrected chi connectivity index (χ2v) is 6.81. The van der Waals surface area contributed by atoms with Crippen molar-refractivity contribution in [1.82, 2.24) is 10.2 Å². The van der Waals surface area contributed by atoms with Gasteiger partial charge in [0.05, 0.1) is 5.56 Å². The van der Waals surface area contributed by atoms with E-state index in [-0.39, 0.29) is 5.91 Å². The van der Waals surface area contributed by atoms with Crippen molar-refractivity contribution in [3.8, 4) is 0 Å². The molecule has 0 radical (unpaired) electrons. The Bertz CT molecular complexity index is 489. The van der Waals surface area contributed by atoms with Crippen LogP contribution in [-0.2, 0) is 0 Å². The molecule has 1 aromatic carbocycles. The van der Waals surface area contributed by atoms with Crippen LogP contribution in [0.3, 0.4) is 0 Å². The number of hydrogen-bond donors (Lipinski definition) is 1. The highest BCUT2D eigenvalue weighted by Gasteiger charge is 2.23. The minimum absolute atomic E-state index is 0.0616. The minimum Gasteiger partial charge on any atom is -0.337 e. The molecule has 3 nitrogen and oxygen atoms in total. The van der Waals surface area contributed by atoms with Gasteiger partial charge in [-0.2, -0.15) is 0 Å². The molecule has 1 amide bonds. The summed E-state index contributed by atoms with van der Waals surface area (Å²) >= 11 is 9.49. The quantitative estimate of drug-likeness (QED) is 0.814. The van der Waals surface area contributed by atoms with E-state index in [2.05, 4.69) is 28.2 Å². The van der Waals surface area contributed by atoms with Gasteiger partial charge in [0, 0.05) is 28.6 Å². The van der Waals surface area contributed by atoms with Gasteiger partial charge in [-0.3, -0.25) is 4.79 Å². The fourth-order valence-electron chi connectivity index (χ4n) is 2.64. The molecule has 1 heterocycles. The molecule has 1 aliphatic rings. The molecule has 1 fully saturated rings. The smallest absolute Gasteiger partial charge is 0.255 e. The maximum atomic E-state index is 12.8. The number of nitrogens with zero attached hydrogens (tertiary/aromatic N) is 1. The Morgan fingerprint density at radius 1 is 1.52 bits per heavy atom. The van der Waals surface area contributed by atoms with E-state index in [9.17, 15) is 4.79 Å². The molecule has 1 saturated heterocycles. The number of unbranched alkanes of at least 4 members (excludes halogenated alkanes) is 1. The van der Waals surface area contributed by atoms with E-state index in [4.69, 9.17) is 11.6 Å². The summed E-state index contributed by atoms with van der Waals surface area (Å²) in [4.78, 5) is 14.8. The molecule has 0 aromatic heterocycles. The molecule has 0 bridgehead atoms. The van der Waals surface area contributed by atoms with E-state index in [1.165, 1.54) is 6.42 Å². The Morgan fingerprint density at radius 2 is 2.33 bits per heavy atom. The minimum atomic E-state index is 0.0616. The lowest BCUT2D eigenvalue weighted by molar-refractivity contribution is 0.0738.